The van der Waals surface area contributed by atoms with Gasteiger partial charge in [0.15, 0.2) is 5.03 Å². The van der Waals surface area contributed by atoms with E-state index < -0.39 is 10.0 Å². The highest BCUT2D eigenvalue weighted by atomic mass is 32.2. The van der Waals surface area contributed by atoms with Crippen LogP contribution in [0.25, 0.3) is 0 Å². The van der Waals surface area contributed by atoms with Crippen molar-refractivity contribution in [1.29, 1.82) is 0 Å². The van der Waals surface area contributed by atoms with E-state index in [1.54, 1.807) is 42.8 Å². The Kier molecular flexibility index (Phi) is 7.42. The molecule has 0 saturated carbocycles. The van der Waals surface area contributed by atoms with Crippen LogP contribution in [0, 0.1) is 5.92 Å². The van der Waals surface area contributed by atoms with E-state index in [4.69, 9.17) is 9.47 Å². The Bertz CT molecular complexity index is 1050. The van der Waals surface area contributed by atoms with Crippen molar-refractivity contribution in [2.45, 2.75) is 31.0 Å². The van der Waals surface area contributed by atoms with Gasteiger partial charge in [-0.25, -0.2) is 4.98 Å². The number of anilines is 1. The van der Waals surface area contributed by atoms with Crippen molar-refractivity contribution in [3.63, 3.8) is 0 Å². The molecule has 0 fully saturated rings. The molecule has 0 radical (unpaired) electrons. The molecule has 0 bridgehead atoms. The zero-order valence-corrected chi connectivity index (χ0v) is 19.8. The zero-order valence-electron chi connectivity index (χ0n) is 19.0. The van der Waals surface area contributed by atoms with E-state index in [9.17, 15) is 13.2 Å². The highest BCUT2D eigenvalue weighted by Crippen LogP contribution is 2.27. The Hall–Kier alpha value is -2.63. The number of aryl methyl sites for hydroxylation is 1. The highest BCUT2D eigenvalue weighted by Gasteiger charge is 2.26. The van der Waals surface area contributed by atoms with Crippen molar-refractivity contribution in [2.24, 2.45) is 13.0 Å². The van der Waals surface area contributed by atoms with Crippen LogP contribution in [0.5, 0.6) is 5.75 Å². The number of likely N-dealkylation sites (N-methyl/N-ethyl adjacent to an activating group) is 1. The third-order valence-electron chi connectivity index (χ3n) is 5.43. The molecule has 1 amide bonds. The fourth-order valence-corrected chi connectivity index (χ4v) is 4.49. The van der Waals surface area contributed by atoms with E-state index in [0.717, 1.165) is 6.54 Å². The number of rotatable bonds is 4. The number of sulfonamides is 1. The number of hydrogen-bond acceptors (Lipinski definition) is 7. The molecule has 3 rings (SSSR count). The molecule has 1 aliphatic heterocycles. The first-order valence-corrected chi connectivity index (χ1v) is 11.9. The van der Waals surface area contributed by atoms with Crippen LogP contribution in [0.15, 0.2) is 35.7 Å². The molecular formula is C21H31N5O5S. The van der Waals surface area contributed by atoms with Gasteiger partial charge in [-0.15, -0.1) is 0 Å². The molecule has 0 aliphatic carbocycles. The number of imidazole rings is 1. The van der Waals surface area contributed by atoms with Crippen molar-refractivity contribution in [2.75, 3.05) is 38.6 Å². The second kappa shape index (κ2) is 9.88. The number of carbonyl (C=O) groups is 1. The number of fused-ring (bicyclic) bond motifs is 1. The molecule has 2 aromatic rings. The largest absolute Gasteiger partial charge is 0.491 e. The minimum absolute atomic E-state index is 0.0531. The number of methoxy groups -OCH3 is 1. The van der Waals surface area contributed by atoms with E-state index in [1.165, 1.54) is 18.6 Å². The van der Waals surface area contributed by atoms with Crippen molar-refractivity contribution in [3.8, 4) is 5.75 Å². The molecule has 11 heteroatoms. The van der Waals surface area contributed by atoms with E-state index in [-0.39, 0.29) is 40.2 Å². The molecule has 0 saturated heterocycles. The minimum atomic E-state index is -3.90. The number of nitrogens with zero attached hydrogens (tertiary/aromatic N) is 3. The van der Waals surface area contributed by atoms with Gasteiger partial charge in [0, 0.05) is 52.2 Å². The molecule has 2 heterocycles. The Labute approximate surface area is 189 Å². The number of benzene rings is 1. The number of carbonyl (C=O) groups excluding carboxylic acids is 1. The fraction of sp³-hybridized carbons (Fsp3) is 0.524. The summed E-state index contributed by atoms with van der Waals surface area (Å²) in [6.45, 7) is 5.54. The van der Waals surface area contributed by atoms with Gasteiger partial charge in [-0.3, -0.25) is 9.52 Å². The molecule has 1 aromatic carbocycles. The average molecular weight is 466 g/mol. The molecule has 10 nitrogen and oxygen atoms in total. The first kappa shape index (κ1) is 24.0. The zero-order chi connectivity index (χ0) is 23.5. The van der Waals surface area contributed by atoms with E-state index in [2.05, 4.69) is 21.9 Å². The highest BCUT2D eigenvalue weighted by molar-refractivity contribution is 7.92. The van der Waals surface area contributed by atoms with Crippen LogP contribution >= 0.6 is 0 Å². The van der Waals surface area contributed by atoms with E-state index in [1.807, 2.05) is 6.92 Å². The monoisotopic (exact) mass is 465 g/mol. The lowest BCUT2D eigenvalue weighted by molar-refractivity contribution is 0.0281. The van der Waals surface area contributed by atoms with E-state index >= 15 is 0 Å². The van der Waals surface area contributed by atoms with Gasteiger partial charge < -0.3 is 24.3 Å². The number of aromatic nitrogens is 2. The first-order chi connectivity index (χ1) is 15.1. The van der Waals surface area contributed by atoms with Gasteiger partial charge in [0.25, 0.3) is 15.9 Å². The van der Waals surface area contributed by atoms with Gasteiger partial charge in [0.1, 0.15) is 12.4 Å². The van der Waals surface area contributed by atoms with Crippen molar-refractivity contribution >= 4 is 21.6 Å². The molecule has 1 aliphatic rings. The Balaban J connectivity index is 1.93. The van der Waals surface area contributed by atoms with Crippen LogP contribution in [0.4, 0.5) is 5.69 Å². The summed E-state index contributed by atoms with van der Waals surface area (Å²) in [4.78, 5) is 18.7. The van der Waals surface area contributed by atoms with Gasteiger partial charge in [-0.1, -0.05) is 6.92 Å². The lowest BCUT2D eigenvalue weighted by atomic mass is 10.0. The van der Waals surface area contributed by atoms with Crippen molar-refractivity contribution in [1.82, 2.24) is 19.8 Å². The van der Waals surface area contributed by atoms with Crippen LogP contribution < -0.4 is 14.8 Å². The number of hydrogen-bond donors (Lipinski definition) is 2. The Morgan fingerprint density at radius 2 is 2.03 bits per heavy atom. The normalized spacial score (nSPS) is 23.0. The lowest BCUT2D eigenvalue weighted by Crippen LogP contribution is -2.44. The van der Waals surface area contributed by atoms with Gasteiger partial charge in [-0.2, -0.15) is 8.42 Å². The third kappa shape index (κ3) is 5.59. The van der Waals surface area contributed by atoms with Crippen LogP contribution in [-0.4, -0.2) is 74.8 Å². The average Bonchev–Trinajstić information content (AvgIpc) is 3.20. The summed E-state index contributed by atoms with van der Waals surface area (Å²) in [6, 6.07) is 4.71. The maximum absolute atomic E-state index is 13.3. The molecule has 32 heavy (non-hydrogen) atoms. The second-order valence-corrected chi connectivity index (χ2v) is 9.88. The summed E-state index contributed by atoms with van der Waals surface area (Å²) >= 11 is 0. The second-order valence-electron chi connectivity index (χ2n) is 8.25. The molecule has 3 atom stereocenters. The topological polar surface area (TPSA) is 115 Å². The molecule has 0 spiro atoms. The van der Waals surface area contributed by atoms with Crippen molar-refractivity contribution < 1.29 is 22.7 Å². The number of ether oxygens (including phenoxy) is 2. The predicted octanol–water partition coefficient (Wildman–Crippen LogP) is 1.31. The maximum Gasteiger partial charge on any atom is 0.280 e. The van der Waals surface area contributed by atoms with Gasteiger partial charge >= 0.3 is 0 Å². The maximum atomic E-state index is 13.3. The van der Waals surface area contributed by atoms with Gasteiger partial charge in [-0.05, 0) is 31.0 Å². The Morgan fingerprint density at radius 1 is 1.28 bits per heavy atom. The summed E-state index contributed by atoms with van der Waals surface area (Å²) in [5.41, 5.74) is 0.513. The molecule has 176 valence electrons. The molecular weight excluding hydrogens is 434 g/mol. The fourth-order valence-electron chi connectivity index (χ4n) is 3.46. The first-order valence-electron chi connectivity index (χ1n) is 10.4. The van der Waals surface area contributed by atoms with E-state index in [0.29, 0.717) is 18.9 Å². The summed E-state index contributed by atoms with van der Waals surface area (Å²) in [5.74, 6) is 0.279. The molecule has 1 aromatic heterocycles. The predicted molar refractivity (Wildman–Crippen MR) is 120 cm³/mol. The molecule has 0 unspecified atom stereocenters. The van der Waals surface area contributed by atoms with Crippen LogP contribution in [0.2, 0.25) is 0 Å². The van der Waals surface area contributed by atoms with Crippen LogP contribution in [0.1, 0.15) is 24.2 Å². The van der Waals surface area contributed by atoms with Crippen LogP contribution in [-0.2, 0) is 21.8 Å². The van der Waals surface area contributed by atoms with Gasteiger partial charge in [0.2, 0.25) is 0 Å². The molecule has 2 N–H and O–H groups in total. The third-order valence-corrected chi connectivity index (χ3v) is 6.70. The summed E-state index contributed by atoms with van der Waals surface area (Å²) in [5, 5.41) is 3.32. The summed E-state index contributed by atoms with van der Waals surface area (Å²) in [6.07, 6.45) is 2.65. The SMILES string of the molecule is CO[C@@H]1CN(C)C(=O)c2cc(NS(=O)(=O)c3cn(C)cn3)ccc2OC[C@@H](C)NC[C@H]1C. The van der Waals surface area contributed by atoms with Crippen LogP contribution in [0.3, 0.4) is 0 Å². The minimum Gasteiger partial charge on any atom is -0.491 e. The summed E-state index contributed by atoms with van der Waals surface area (Å²) in [7, 11) is 1.11. The number of amides is 1. The lowest BCUT2D eigenvalue weighted by Gasteiger charge is -2.30. The smallest absolute Gasteiger partial charge is 0.280 e. The quantitative estimate of drug-likeness (QED) is 0.700. The number of nitrogens with one attached hydrogen (secondary N) is 2. The Morgan fingerprint density at radius 3 is 2.69 bits per heavy atom. The summed E-state index contributed by atoms with van der Waals surface area (Å²) < 4.78 is 40.9. The van der Waals surface area contributed by atoms with Gasteiger partial charge in [0.05, 0.1) is 18.0 Å². The van der Waals surface area contributed by atoms with Crippen molar-refractivity contribution in [3.05, 3.63) is 36.3 Å². The standard InChI is InChI=1S/C21H31N5O5S/c1-14-9-22-15(2)12-31-18-7-6-16(24-32(28,29)20-11-25(3)13-23-20)8-17(18)21(27)26(4)10-19(14)30-5/h6-8,11,13-15,19,22,24H,9-10,12H2,1-5H3/t14-,15-,19-/m1/s1.